The maximum Gasteiger partial charge on any atom is 0.308 e. The van der Waals surface area contributed by atoms with Gasteiger partial charge in [-0.2, -0.15) is 0 Å². The average Bonchev–Trinajstić information content (AvgIpc) is 3.04. The molecule has 6 nitrogen and oxygen atoms in total. The van der Waals surface area contributed by atoms with Crippen molar-refractivity contribution in [1.29, 1.82) is 0 Å². The van der Waals surface area contributed by atoms with Crippen molar-refractivity contribution in [1.82, 2.24) is 0 Å². The highest BCUT2D eigenvalue weighted by atomic mass is 16.7. The predicted molar refractivity (Wildman–Crippen MR) is 105 cm³/mol. The lowest BCUT2D eigenvalue weighted by Gasteiger charge is -2.50. The zero-order chi connectivity index (χ0) is 21.0. The molecular weight excluding hydrogens is 372 g/mol. The van der Waals surface area contributed by atoms with Gasteiger partial charge in [-0.25, -0.2) is 0 Å². The Morgan fingerprint density at radius 3 is 2.48 bits per heavy atom. The molecule has 0 N–H and O–H groups in total. The zero-order valence-electron chi connectivity index (χ0n) is 17.8. The van der Waals surface area contributed by atoms with Crippen LogP contribution in [0.15, 0.2) is 24.3 Å². The van der Waals surface area contributed by atoms with E-state index in [2.05, 4.69) is 13.8 Å². The molecule has 158 valence electrons. The van der Waals surface area contributed by atoms with Crippen LogP contribution in [0.2, 0.25) is 0 Å². The second kappa shape index (κ2) is 6.89. The standard InChI is InChI=1S/C23H30O6/c1-21(2,3)29-18(24)10-17-19-16(11-26-17)23(27-12-22(4,5)13-28-23)15-9-7-6-8-14(15)20(19)25/h6-9,16-17,19H,10-13H2,1-5H3/t16-,17-,19-/m1/s1. The summed E-state index contributed by atoms with van der Waals surface area (Å²) in [6.07, 6.45) is -0.511. The van der Waals surface area contributed by atoms with E-state index in [1.807, 2.05) is 45.0 Å². The van der Waals surface area contributed by atoms with E-state index in [1.165, 1.54) is 0 Å². The van der Waals surface area contributed by atoms with Crippen LogP contribution < -0.4 is 0 Å². The van der Waals surface area contributed by atoms with E-state index in [-0.39, 0.29) is 29.5 Å². The first-order chi connectivity index (χ1) is 13.5. The highest BCUT2D eigenvalue weighted by Gasteiger charge is 2.61. The number of hydrogen-bond donors (Lipinski definition) is 0. The number of ether oxygens (including phenoxy) is 4. The molecule has 1 aliphatic carbocycles. The molecule has 2 heterocycles. The van der Waals surface area contributed by atoms with Gasteiger partial charge in [-0.15, -0.1) is 0 Å². The third-order valence-corrected chi connectivity index (χ3v) is 5.83. The van der Waals surface area contributed by atoms with Gasteiger partial charge in [0.2, 0.25) is 5.79 Å². The molecule has 2 aliphatic heterocycles. The first kappa shape index (κ1) is 20.5. The van der Waals surface area contributed by atoms with Gasteiger partial charge in [0.25, 0.3) is 0 Å². The van der Waals surface area contributed by atoms with Crippen LogP contribution in [0.3, 0.4) is 0 Å². The molecule has 0 aromatic heterocycles. The van der Waals surface area contributed by atoms with Gasteiger partial charge in [0, 0.05) is 16.5 Å². The van der Waals surface area contributed by atoms with Crippen LogP contribution in [-0.4, -0.2) is 43.3 Å². The van der Waals surface area contributed by atoms with E-state index >= 15 is 0 Å². The zero-order valence-corrected chi connectivity index (χ0v) is 17.8. The first-order valence-corrected chi connectivity index (χ1v) is 10.3. The summed E-state index contributed by atoms with van der Waals surface area (Å²) < 4.78 is 24.2. The molecule has 2 fully saturated rings. The monoisotopic (exact) mass is 402 g/mol. The molecule has 4 rings (SSSR count). The Hall–Kier alpha value is -1.76. The van der Waals surface area contributed by atoms with Gasteiger partial charge in [0.1, 0.15) is 5.60 Å². The van der Waals surface area contributed by atoms with Crippen LogP contribution in [0, 0.1) is 17.3 Å². The van der Waals surface area contributed by atoms with Gasteiger partial charge in [-0.3, -0.25) is 9.59 Å². The van der Waals surface area contributed by atoms with E-state index in [0.717, 1.165) is 5.56 Å². The van der Waals surface area contributed by atoms with Gasteiger partial charge in [-0.05, 0) is 20.8 Å². The maximum absolute atomic E-state index is 13.4. The fourth-order valence-corrected chi connectivity index (χ4v) is 4.56. The van der Waals surface area contributed by atoms with Crippen molar-refractivity contribution < 1.29 is 28.5 Å². The SMILES string of the molecule is CC1(C)COC2(OC1)c1ccccc1C(=O)[C@@H]1[C@H]2CO[C@@H]1CC(=O)OC(C)(C)C. The molecule has 0 amide bonds. The van der Waals surface area contributed by atoms with Crippen molar-refractivity contribution >= 4 is 11.8 Å². The summed E-state index contributed by atoms with van der Waals surface area (Å²) in [6.45, 7) is 11.0. The molecule has 2 saturated heterocycles. The van der Waals surface area contributed by atoms with E-state index < -0.39 is 23.4 Å². The van der Waals surface area contributed by atoms with E-state index in [1.54, 1.807) is 0 Å². The quantitative estimate of drug-likeness (QED) is 0.706. The second-order valence-corrected chi connectivity index (χ2v) is 10.1. The predicted octanol–water partition coefficient (Wildman–Crippen LogP) is 3.47. The number of hydrogen-bond acceptors (Lipinski definition) is 6. The van der Waals surface area contributed by atoms with Crippen LogP contribution in [0.25, 0.3) is 0 Å². The Morgan fingerprint density at radius 2 is 1.83 bits per heavy atom. The molecule has 1 aromatic rings. The molecular formula is C23H30O6. The maximum atomic E-state index is 13.4. The van der Waals surface area contributed by atoms with Crippen LogP contribution in [0.4, 0.5) is 0 Å². The summed E-state index contributed by atoms with van der Waals surface area (Å²) in [5.74, 6) is -2.20. The topological polar surface area (TPSA) is 71.1 Å². The highest BCUT2D eigenvalue weighted by Crippen LogP contribution is 2.53. The van der Waals surface area contributed by atoms with E-state index in [0.29, 0.717) is 25.4 Å². The number of ketones is 1. The minimum absolute atomic E-state index is 0.0145. The Bertz CT molecular complexity index is 811. The van der Waals surface area contributed by atoms with Gasteiger partial charge < -0.3 is 18.9 Å². The molecule has 3 atom stereocenters. The van der Waals surface area contributed by atoms with Crippen LogP contribution >= 0.6 is 0 Å². The van der Waals surface area contributed by atoms with Crippen LogP contribution in [-0.2, 0) is 29.5 Å². The molecule has 29 heavy (non-hydrogen) atoms. The first-order valence-electron chi connectivity index (χ1n) is 10.3. The number of Topliss-reactive ketones (excluding diaryl/α,β-unsaturated/α-hetero) is 1. The van der Waals surface area contributed by atoms with E-state index in [9.17, 15) is 9.59 Å². The number of rotatable bonds is 2. The van der Waals surface area contributed by atoms with Crippen molar-refractivity contribution in [2.45, 2.75) is 58.5 Å². The van der Waals surface area contributed by atoms with Crippen LogP contribution in [0.5, 0.6) is 0 Å². The van der Waals surface area contributed by atoms with Gasteiger partial charge in [0.15, 0.2) is 5.78 Å². The molecule has 0 radical (unpaired) electrons. The smallest absolute Gasteiger partial charge is 0.308 e. The summed E-state index contributed by atoms with van der Waals surface area (Å²) in [5.41, 5.74) is 0.670. The largest absolute Gasteiger partial charge is 0.460 e. The number of benzene rings is 1. The van der Waals surface area contributed by atoms with Crippen LogP contribution in [0.1, 0.15) is 57.0 Å². The lowest BCUT2D eigenvalue weighted by molar-refractivity contribution is -0.336. The lowest BCUT2D eigenvalue weighted by Crippen LogP contribution is -2.56. The third kappa shape index (κ3) is 3.62. The molecule has 0 saturated carbocycles. The normalized spacial score (nSPS) is 30.0. The van der Waals surface area contributed by atoms with Gasteiger partial charge in [0.05, 0.1) is 44.2 Å². The summed E-state index contributed by atoms with van der Waals surface area (Å²) in [5, 5.41) is 0. The fraction of sp³-hybridized carbons (Fsp3) is 0.652. The Kier molecular flexibility index (Phi) is 4.88. The lowest BCUT2D eigenvalue weighted by atomic mass is 9.69. The minimum Gasteiger partial charge on any atom is -0.460 e. The van der Waals surface area contributed by atoms with Crippen molar-refractivity contribution in [3.05, 3.63) is 35.4 Å². The Balaban J connectivity index is 1.67. The Labute approximate surface area is 171 Å². The molecule has 3 aliphatic rings. The minimum atomic E-state index is -1.02. The fourth-order valence-electron chi connectivity index (χ4n) is 4.56. The summed E-state index contributed by atoms with van der Waals surface area (Å²) in [6, 6.07) is 7.46. The molecule has 1 aromatic carbocycles. The molecule has 6 heteroatoms. The average molecular weight is 402 g/mol. The summed E-state index contributed by atoms with van der Waals surface area (Å²) >= 11 is 0. The van der Waals surface area contributed by atoms with Crippen molar-refractivity contribution in [3.63, 3.8) is 0 Å². The third-order valence-electron chi connectivity index (χ3n) is 5.83. The van der Waals surface area contributed by atoms with Crippen molar-refractivity contribution in [2.24, 2.45) is 17.3 Å². The summed E-state index contributed by atoms with van der Waals surface area (Å²) in [4.78, 5) is 25.8. The molecule has 0 unspecified atom stereocenters. The summed E-state index contributed by atoms with van der Waals surface area (Å²) in [7, 11) is 0. The second-order valence-electron chi connectivity index (χ2n) is 10.1. The highest BCUT2D eigenvalue weighted by molar-refractivity contribution is 6.01. The number of fused-ring (bicyclic) bond motifs is 4. The van der Waals surface area contributed by atoms with Crippen molar-refractivity contribution in [3.8, 4) is 0 Å². The number of carbonyl (C=O) groups is 2. The molecule has 0 bridgehead atoms. The number of esters is 1. The Morgan fingerprint density at radius 1 is 1.17 bits per heavy atom. The van der Waals surface area contributed by atoms with Gasteiger partial charge >= 0.3 is 5.97 Å². The molecule has 1 spiro atoms. The van der Waals surface area contributed by atoms with E-state index in [4.69, 9.17) is 18.9 Å². The van der Waals surface area contributed by atoms with Gasteiger partial charge in [-0.1, -0.05) is 38.1 Å². The van der Waals surface area contributed by atoms with Crippen molar-refractivity contribution in [2.75, 3.05) is 19.8 Å². The number of carbonyl (C=O) groups excluding carboxylic acids is 2.